The summed E-state index contributed by atoms with van der Waals surface area (Å²) < 4.78 is 5.28. The number of nitrogens with zero attached hydrogens (tertiary/aromatic N) is 3. The highest BCUT2D eigenvalue weighted by molar-refractivity contribution is 6.33. The topological polar surface area (TPSA) is 45.7 Å². The van der Waals surface area contributed by atoms with Crippen LogP contribution in [0.15, 0.2) is 72.8 Å². The molecule has 1 saturated heterocycles. The number of hydrogen-bond donors (Lipinski definition) is 0. The molecule has 3 aromatic carbocycles. The minimum absolute atomic E-state index is 0.0339. The number of carbonyl (C=O) groups is 1. The second-order valence-corrected chi connectivity index (χ2v) is 8.94. The van der Waals surface area contributed by atoms with Crippen LogP contribution in [-0.2, 0) is 0 Å². The number of fused-ring (bicyclic) bond motifs is 1. The fourth-order valence-corrected chi connectivity index (χ4v) is 4.71. The minimum Gasteiger partial charge on any atom is -0.497 e. The molecule has 1 aliphatic rings. The standard InChI is InChI=1S/C28H26ClN3O2/c1-19-7-12-25-22(17-19)23(18-26(30-25)20-8-10-21(34-2)11-9-20)28(33)32-15-13-31(14-16-32)27-6-4-3-5-24(27)29/h3-12,17-18H,13-16H2,1-2H3. The van der Waals surface area contributed by atoms with Gasteiger partial charge in [-0.3, -0.25) is 4.79 Å². The van der Waals surface area contributed by atoms with Gasteiger partial charge in [0.2, 0.25) is 0 Å². The van der Waals surface area contributed by atoms with Gasteiger partial charge in [0.05, 0.1) is 34.6 Å². The summed E-state index contributed by atoms with van der Waals surface area (Å²) in [5, 5.41) is 1.62. The summed E-state index contributed by atoms with van der Waals surface area (Å²) in [4.78, 5) is 22.8. The Hall–Kier alpha value is -3.57. The van der Waals surface area contributed by atoms with Crippen LogP contribution in [0.2, 0.25) is 5.02 Å². The van der Waals surface area contributed by atoms with E-state index >= 15 is 0 Å². The number of ether oxygens (including phenoxy) is 1. The van der Waals surface area contributed by atoms with Gasteiger partial charge >= 0.3 is 0 Å². The highest BCUT2D eigenvalue weighted by Crippen LogP contribution is 2.29. The van der Waals surface area contributed by atoms with Crippen LogP contribution < -0.4 is 9.64 Å². The van der Waals surface area contributed by atoms with Gasteiger partial charge in [0.15, 0.2) is 0 Å². The zero-order chi connectivity index (χ0) is 23.7. The lowest BCUT2D eigenvalue weighted by atomic mass is 10.0. The maximum atomic E-state index is 13.8. The Balaban J connectivity index is 1.46. The largest absolute Gasteiger partial charge is 0.497 e. The number of aromatic nitrogens is 1. The summed E-state index contributed by atoms with van der Waals surface area (Å²) in [6.07, 6.45) is 0. The number of amides is 1. The Labute approximate surface area is 204 Å². The van der Waals surface area contributed by atoms with E-state index in [1.54, 1.807) is 7.11 Å². The van der Waals surface area contributed by atoms with Gasteiger partial charge in [-0.2, -0.15) is 0 Å². The summed E-state index contributed by atoms with van der Waals surface area (Å²) in [7, 11) is 1.65. The molecule has 0 N–H and O–H groups in total. The molecule has 6 heteroatoms. The van der Waals surface area contributed by atoms with Crippen molar-refractivity contribution in [1.82, 2.24) is 9.88 Å². The average Bonchev–Trinajstić information content (AvgIpc) is 2.88. The first-order chi connectivity index (χ1) is 16.5. The smallest absolute Gasteiger partial charge is 0.254 e. The molecule has 34 heavy (non-hydrogen) atoms. The van der Waals surface area contributed by atoms with Crippen LogP contribution in [0.4, 0.5) is 5.69 Å². The molecule has 4 aromatic rings. The van der Waals surface area contributed by atoms with Crippen LogP contribution in [0.25, 0.3) is 22.2 Å². The minimum atomic E-state index is 0.0339. The molecule has 1 aliphatic heterocycles. The first kappa shape index (κ1) is 22.2. The SMILES string of the molecule is COc1ccc(-c2cc(C(=O)N3CCN(c4ccccc4Cl)CC3)c3cc(C)ccc3n2)cc1. The van der Waals surface area contributed by atoms with Gasteiger partial charge in [-0.1, -0.05) is 35.4 Å². The molecule has 0 atom stereocenters. The van der Waals surface area contributed by atoms with Crippen LogP contribution in [0.1, 0.15) is 15.9 Å². The van der Waals surface area contributed by atoms with Crippen LogP contribution in [0.5, 0.6) is 5.75 Å². The van der Waals surface area contributed by atoms with Gasteiger partial charge in [-0.05, 0) is 61.5 Å². The molecule has 5 nitrogen and oxygen atoms in total. The van der Waals surface area contributed by atoms with E-state index < -0.39 is 0 Å². The first-order valence-electron chi connectivity index (χ1n) is 11.4. The molecule has 5 rings (SSSR count). The van der Waals surface area contributed by atoms with E-state index in [4.69, 9.17) is 21.3 Å². The molecule has 2 heterocycles. The van der Waals surface area contributed by atoms with E-state index in [9.17, 15) is 4.79 Å². The fourth-order valence-electron chi connectivity index (χ4n) is 4.46. The zero-order valence-electron chi connectivity index (χ0n) is 19.3. The Morgan fingerprint density at radius 3 is 2.38 bits per heavy atom. The van der Waals surface area contributed by atoms with E-state index in [0.717, 1.165) is 57.3 Å². The number of rotatable bonds is 4. The van der Waals surface area contributed by atoms with Crippen molar-refractivity contribution in [2.75, 3.05) is 38.2 Å². The molecule has 0 unspecified atom stereocenters. The van der Waals surface area contributed by atoms with E-state index in [2.05, 4.69) is 4.90 Å². The number of methoxy groups -OCH3 is 1. The van der Waals surface area contributed by atoms with Crippen molar-refractivity contribution in [2.24, 2.45) is 0 Å². The number of piperazine rings is 1. The zero-order valence-corrected chi connectivity index (χ0v) is 20.0. The summed E-state index contributed by atoms with van der Waals surface area (Å²) in [6, 6.07) is 23.6. The van der Waals surface area contributed by atoms with Gasteiger partial charge in [0.25, 0.3) is 5.91 Å². The van der Waals surface area contributed by atoms with E-state index in [0.29, 0.717) is 18.7 Å². The number of halogens is 1. The summed E-state index contributed by atoms with van der Waals surface area (Å²) in [5.41, 5.74) is 5.34. The lowest BCUT2D eigenvalue weighted by Gasteiger charge is -2.36. The Morgan fingerprint density at radius 2 is 1.68 bits per heavy atom. The van der Waals surface area contributed by atoms with Gasteiger partial charge in [0, 0.05) is 37.1 Å². The second kappa shape index (κ2) is 9.35. The maximum absolute atomic E-state index is 13.8. The molecule has 0 saturated carbocycles. The highest BCUT2D eigenvalue weighted by Gasteiger charge is 2.25. The van der Waals surface area contributed by atoms with Crippen LogP contribution >= 0.6 is 11.6 Å². The third-order valence-electron chi connectivity index (χ3n) is 6.34. The van der Waals surface area contributed by atoms with Gasteiger partial charge in [-0.15, -0.1) is 0 Å². The van der Waals surface area contributed by atoms with Crippen molar-refractivity contribution >= 4 is 34.1 Å². The number of para-hydroxylation sites is 1. The van der Waals surface area contributed by atoms with Gasteiger partial charge < -0.3 is 14.5 Å². The molecule has 0 aliphatic carbocycles. The highest BCUT2D eigenvalue weighted by atomic mass is 35.5. The van der Waals surface area contributed by atoms with Crippen molar-refractivity contribution < 1.29 is 9.53 Å². The van der Waals surface area contributed by atoms with Crippen LogP contribution in [-0.4, -0.2) is 49.1 Å². The number of aryl methyl sites for hydroxylation is 1. The van der Waals surface area contributed by atoms with Gasteiger partial charge in [-0.25, -0.2) is 4.98 Å². The molecular weight excluding hydrogens is 446 g/mol. The van der Waals surface area contributed by atoms with E-state index in [-0.39, 0.29) is 5.91 Å². The van der Waals surface area contributed by atoms with Crippen molar-refractivity contribution in [3.63, 3.8) is 0 Å². The number of pyridine rings is 1. The molecule has 172 valence electrons. The molecule has 0 spiro atoms. The van der Waals surface area contributed by atoms with Crippen molar-refractivity contribution in [1.29, 1.82) is 0 Å². The Kier molecular flexibility index (Phi) is 6.12. The first-order valence-corrected chi connectivity index (χ1v) is 11.8. The molecule has 1 fully saturated rings. The average molecular weight is 472 g/mol. The lowest BCUT2D eigenvalue weighted by Crippen LogP contribution is -2.49. The van der Waals surface area contributed by atoms with Crippen molar-refractivity contribution in [3.05, 3.63) is 88.9 Å². The van der Waals surface area contributed by atoms with E-state index in [1.165, 1.54) is 0 Å². The number of benzene rings is 3. The monoisotopic (exact) mass is 471 g/mol. The third kappa shape index (κ3) is 4.31. The van der Waals surface area contributed by atoms with Gasteiger partial charge in [0.1, 0.15) is 5.75 Å². The molecule has 0 bridgehead atoms. The molecular formula is C28H26ClN3O2. The number of carbonyl (C=O) groups excluding carboxylic acids is 1. The van der Waals surface area contributed by atoms with E-state index in [1.807, 2.05) is 84.6 Å². The van der Waals surface area contributed by atoms with Crippen LogP contribution in [0.3, 0.4) is 0 Å². The fraction of sp³-hybridized carbons (Fsp3) is 0.214. The van der Waals surface area contributed by atoms with Crippen molar-refractivity contribution in [2.45, 2.75) is 6.92 Å². The summed E-state index contributed by atoms with van der Waals surface area (Å²) in [5.74, 6) is 0.819. The quantitative estimate of drug-likeness (QED) is 0.375. The Bertz CT molecular complexity index is 1350. The van der Waals surface area contributed by atoms with Crippen LogP contribution in [0, 0.1) is 6.92 Å². The number of anilines is 1. The predicted molar refractivity (Wildman–Crippen MR) is 138 cm³/mol. The molecule has 1 aromatic heterocycles. The second-order valence-electron chi connectivity index (χ2n) is 8.53. The molecule has 1 amide bonds. The summed E-state index contributed by atoms with van der Waals surface area (Å²) >= 11 is 6.39. The predicted octanol–water partition coefficient (Wildman–Crippen LogP) is 5.83. The maximum Gasteiger partial charge on any atom is 0.254 e. The molecule has 0 radical (unpaired) electrons. The van der Waals surface area contributed by atoms with Crippen molar-refractivity contribution in [3.8, 4) is 17.0 Å². The third-order valence-corrected chi connectivity index (χ3v) is 6.66. The Morgan fingerprint density at radius 1 is 0.941 bits per heavy atom. The normalized spacial score (nSPS) is 13.9. The summed E-state index contributed by atoms with van der Waals surface area (Å²) in [6.45, 7) is 4.79. The number of hydrogen-bond acceptors (Lipinski definition) is 4. The lowest BCUT2D eigenvalue weighted by molar-refractivity contribution is 0.0749.